The predicted molar refractivity (Wildman–Crippen MR) is 83.1 cm³/mol. The van der Waals surface area contributed by atoms with E-state index in [0.717, 1.165) is 11.0 Å². The molecule has 3 aromatic rings. The maximum atomic E-state index is 5.62. The van der Waals surface area contributed by atoms with E-state index in [4.69, 9.17) is 5.73 Å². The normalized spacial score (nSPS) is 11.1. The quantitative estimate of drug-likeness (QED) is 0.780. The molecule has 1 aromatic heterocycles. The SMILES string of the molecule is NCc1ccc(Cn2cc(Br)c3ccccc32)cc1. The lowest BCUT2D eigenvalue weighted by Crippen LogP contribution is -1.99. The summed E-state index contributed by atoms with van der Waals surface area (Å²) in [7, 11) is 0. The zero-order chi connectivity index (χ0) is 13.2. The van der Waals surface area contributed by atoms with Gasteiger partial charge < -0.3 is 10.3 Å². The maximum absolute atomic E-state index is 5.62. The molecule has 0 radical (unpaired) electrons. The van der Waals surface area contributed by atoms with Crippen LogP contribution in [0, 0.1) is 0 Å². The van der Waals surface area contributed by atoms with E-state index in [1.165, 1.54) is 22.0 Å². The highest BCUT2D eigenvalue weighted by Crippen LogP contribution is 2.26. The second-order valence-corrected chi connectivity index (χ2v) is 5.50. The van der Waals surface area contributed by atoms with E-state index in [-0.39, 0.29) is 0 Å². The Kier molecular flexibility index (Phi) is 3.40. The van der Waals surface area contributed by atoms with Crippen molar-refractivity contribution in [1.82, 2.24) is 4.57 Å². The number of nitrogens with two attached hydrogens (primary N) is 1. The summed E-state index contributed by atoms with van der Waals surface area (Å²) in [6.45, 7) is 1.47. The Labute approximate surface area is 121 Å². The summed E-state index contributed by atoms with van der Waals surface area (Å²) in [4.78, 5) is 0. The lowest BCUT2D eigenvalue weighted by molar-refractivity contribution is 0.834. The van der Waals surface area contributed by atoms with Crippen LogP contribution in [0.15, 0.2) is 59.2 Å². The molecule has 19 heavy (non-hydrogen) atoms. The summed E-state index contributed by atoms with van der Waals surface area (Å²) in [6.07, 6.45) is 2.14. The number of hydrogen-bond donors (Lipinski definition) is 1. The van der Waals surface area contributed by atoms with Crippen LogP contribution in [-0.2, 0) is 13.1 Å². The van der Waals surface area contributed by atoms with Crippen LogP contribution < -0.4 is 5.73 Å². The van der Waals surface area contributed by atoms with Crippen molar-refractivity contribution in [3.05, 3.63) is 70.3 Å². The maximum Gasteiger partial charge on any atom is 0.0495 e. The highest BCUT2D eigenvalue weighted by atomic mass is 79.9. The molecule has 0 amide bonds. The van der Waals surface area contributed by atoms with Crippen molar-refractivity contribution in [3.8, 4) is 0 Å². The molecule has 2 N–H and O–H groups in total. The van der Waals surface area contributed by atoms with Crippen molar-refractivity contribution < 1.29 is 0 Å². The molecule has 3 rings (SSSR count). The Bertz CT molecular complexity index is 698. The van der Waals surface area contributed by atoms with Crippen LogP contribution in [0.25, 0.3) is 10.9 Å². The zero-order valence-corrected chi connectivity index (χ0v) is 12.1. The van der Waals surface area contributed by atoms with Crippen LogP contribution in [0.1, 0.15) is 11.1 Å². The van der Waals surface area contributed by atoms with Crippen LogP contribution in [-0.4, -0.2) is 4.57 Å². The van der Waals surface area contributed by atoms with Crippen molar-refractivity contribution in [3.63, 3.8) is 0 Å². The Morgan fingerprint density at radius 2 is 1.63 bits per heavy atom. The topological polar surface area (TPSA) is 30.9 Å². The number of para-hydroxylation sites is 1. The number of nitrogens with zero attached hydrogens (tertiary/aromatic N) is 1. The number of benzene rings is 2. The second kappa shape index (κ2) is 5.19. The average molecular weight is 315 g/mol. The van der Waals surface area contributed by atoms with E-state index in [2.05, 4.69) is 75.2 Å². The molecule has 0 fully saturated rings. The van der Waals surface area contributed by atoms with Gasteiger partial charge in [-0.15, -0.1) is 0 Å². The van der Waals surface area contributed by atoms with Gasteiger partial charge >= 0.3 is 0 Å². The molecule has 2 nitrogen and oxygen atoms in total. The molecule has 0 saturated heterocycles. The summed E-state index contributed by atoms with van der Waals surface area (Å²) >= 11 is 3.62. The minimum absolute atomic E-state index is 0.596. The molecule has 0 bridgehead atoms. The molecule has 96 valence electrons. The molecule has 0 atom stereocenters. The van der Waals surface area contributed by atoms with Gasteiger partial charge in [-0.2, -0.15) is 0 Å². The average Bonchev–Trinajstić information content (AvgIpc) is 2.77. The number of halogens is 1. The van der Waals surface area contributed by atoms with Crippen molar-refractivity contribution in [1.29, 1.82) is 0 Å². The smallest absolute Gasteiger partial charge is 0.0495 e. The molecular formula is C16H15BrN2. The van der Waals surface area contributed by atoms with Gasteiger partial charge in [-0.05, 0) is 33.1 Å². The molecule has 0 aliphatic carbocycles. The molecule has 0 aliphatic heterocycles. The van der Waals surface area contributed by atoms with Gasteiger partial charge in [-0.3, -0.25) is 0 Å². The Balaban J connectivity index is 1.96. The van der Waals surface area contributed by atoms with Crippen LogP contribution in [0.3, 0.4) is 0 Å². The fraction of sp³-hybridized carbons (Fsp3) is 0.125. The van der Waals surface area contributed by atoms with Gasteiger partial charge in [0.15, 0.2) is 0 Å². The fourth-order valence-electron chi connectivity index (χ4n) is 2.31. The first-order valence-corrected chi connectivity index (χ1v) is 7.08. The summed E-state index contributed by atoms with van der Waals surface area (Å²) in [6, 6.07) is 16.9. The van der Waals surface area contributed by atoms with Gasteiger partial charge in [0.2, 0.25) is 0 Å². The number of aromatic nitrogens is 1. The second-order valence-electron chi connectivity index (χ2n) is 4.64. The fourth-order valence-corrected chi connectivity index (χ4v) is 2.89. The summed E-state index contributed by atoms with van der Waals surface area (Å²) in [5.41, 5.74) is 9.32. The molecular weight excluding hydrogens is 300 g/mol. The third kappa shape index (κ3) is 2.44. The first-order valence-electron chi connectivity index (χ1n) is 6.29. The predicted octanol–water partition coefficient (Wildman–Crippen LogP) is 3.91. The molecule has 0 spiro atoms. The highest BCUT2D eigenvalue weighted by molar-refractivity contribution is 9.10. The van der Waals surface area contributed by atoms with Crippen LogP contribution in [0.5, 0.6) is 0 Å². The summed E-state index contributed by atoms with van der Waals surface area (Å²) in [5, 5.41) is 1.25. The molecule has 0 unspecified atom stereocenters. The van der Waals surface area contributed by atoms with Gasteiger partial charge in [-0.25, -0.2) is 0 Å². The van der Waals surface area contributed by atoms with Crippen LogP contribution in [0.4, 0.5) is 0 Å². The van der Waals surface area contributed by atoms with Crippen molar-refractivity contribution in [2.75, 3.05) is 0 Å². The Hall–Kier alpha value is -1.58. The summed E-state index contributed by atoms with van der Waals surface area (Å²) < 4.78 is 3.40. The molecule has 0 saturated carbocycles. The van der Waals surface area contributed by atoms with Crippen LogP contribution in [0.2, 0.25) is 0 Å². The lowest BCUT2D eigenvalue weighted by atomic mass is 10.1. The molecule has 3 heteroatoms. The van der Waals surface area contributed by atoms with Gasteiger partial charge in [0.05, 0.1) is 0 Å². The van der Waals surface area contributed by atoms with Crippen LogP contribution >= 0.6 is 15.9 Å². The number of fused-ring (bicyclic) bond motifs is 1. The summed E-state index contributed by atoms with van der Waals surface area (Å²) in [5.74, 6) is 0. The Morgan fingerprint density at radius 3 is 2.37 bits per heavy atom. The molecule has 2 aromatic carbocycles. The number of rotatable bonds is 3. The third-order valence-electron chi connectivity index (χ3n) is 3.35. The van der Waals surface area contributed by atoms with E-state index < -0.39 is 0 Å². The molecule has 1 heterocycles. The van der Waals surface area contributed by atoms with E-state index in [1.807, 2.05) is 0 Å². The standard InChI is InChI=1S/C16H15BrN2/c17-15-11-19(16-4-2-1-3-14(15)16)10-13-7-5-12(9-18)6-8-13/h1-8,11H,9-10,18H2. The lowest BCUT2D eigenvalue weighted by Gasteiger charge is -2.06. The van der Waals surface area contributed by atoms with E-state index in [9.17, 15) is 0 Å². The van der Waals surface area contributed by atoms with Gasteiger partial charge in [0.1, 0.15) is 0 Å². The first-order chi connectivity index (χ1) is 9.28. The minimum Gasteiger partial charge on any atom is -0.342 e. The van der Waals surface area contributed by atoms with Crippen molar-refractivity contribution in [2.24, 2.45) is 5.73 Å². The largest absolute Gasteiger partial charge is 0.342 e. The van der Waals surface area contributed by atoms with Crippen molar-refractivity contribution in [2.45, 2.75) is 13.1 Å². The highest BCUT2D eigenvalue weighted by Gasteiger charge is 2.05. The van der Waals surface area contributed by atoms with Gasteiger partial charge in [0.25, 0.3) is 0 Å². The van der Waals surface area contributed by atoms with E-state index >= 15 is 0 Å². The van der Waals surface area contributed by atoms with E-state index in [0.29, 0.717) is 6.54 Å². The third-order valence-corrected chi connectivity index (χ3v) is 3.98. The Morgan fingerprint density at radius 1 is 0.947 bits per heavy atom. The van der Waals surface area contributed by atoms with E-state index in [1.54, 1.807) is 0 Å². The minimum atomic E-state index is 0.596. The number of hydrogen-bond acceptors (Lipinski definition) is 1. The van der Waals surface area contributed by atoms with Gasteiger partial charge in [0, 0.05) is 34.7 Å². The monoisotopic (exact) mass is 314 g/mol. The zero-order valence-electron chi connectivity index (χ0n) is 10.5. The first kappa shape index (κ1) is 12.5. The van der Waals surface area contributed by atoms with Gasteiger partial charge in [-0.1, -0.05) is 42.5 Å². The molecule has 0 aliphatic rings. The van der Waals surface area contributed by atoms with Crippen molar-refractivity contribution >= 4 is 26.8 Å².